The van der Waals surface area contributed by atoms with Crippen LogP contribution < -0.4 is 0 Å². The fourth-order valence-corrected chi connectivity index (χ4v) is 2.88. The minimum atomic E-state index is 0.747. The molecule has 1 aromatic heterocycles. The molecule has 0 aliphatic heterocycles. The topological polar surface area (TPSA) is 25.4 Å². The summed E-state index contributed by atoms with van der Waals surface area (Å²) in [5.74, 6) is 1.04. The van der Waals surface area contributed by atoms with Crippen LogP contribution in [0.2, 0.25) is 0 Å². The van der Waals surface area contributed by atoms with Crippen LogP contribution in [-0.4, -0.2) is 36.1 Å². The third kappa shape index (κ3) is 4.85. The lowest BCUT2D eigenvalue weighted by molar-refractivity contribution is 0.199. The molecule has 1 aromatic rings. The number of hydrogen-bond donors (Lipinski definition) is 0. The molecule has 1 fully saturated rings. The third-order valence-corrected chi connectivity index (χ3v) is 4.22. The second-order valence-corrected chi connectivity index (χ2v) is 5.58. The number of likely N-dealkylation sites (N-methyl/N-ethyl adjacent to an activating group) is 1. The minimum Gasteiger partial charge on any atom is -0.490 e. The lowest BCUT2D eigenvalue weighted by Gasteiger charge is -2.22. The van der Waals surface area contributed by atoms with Crippen molar-refractivity contribution in [3.8, 4) is 0 Å². The quantitative estimate of drug-likeness (QED) is 0.706. The number of ether oxygens (including phenoxy) is 1. The van der Waals surface area contributed by atoms with Crippen LogP contribution in [0, 0.1) is 0 Å². The standard InChI is InChI=1S/C18H28N2O/c1-3-20(4-2)14-15-21-18(16-10-6-5-7-11-16)17-12-8-9-13-19-17/h8-9,12-13H,3-7,10-11,14-15H2,1-2H3. The van der Waals surface area contributed by atoms with Crippen molar-refractivity contribution in [3.63, 3.8) is 0 Å². The molecule has 1 aliphatic carbocycles. The first-order chi connectivity index (χ1) is 10.3. The van der Waals surface area contributed by atoms with Crippen LogP contribution in [0.25, 0.3) is 5.76 Å². The largest absolute Gasteiger partial charge is 0.490 e. The highest BCUT2D eigenvalue weighted by molar-refractivity contribution is 5.60. The maximum atomic E-state index is 6.18. The fraction of sp³-hybridized carbons (Fsp3) is 0.611. The molecule has 0 spiro atoms. The van der Waals surface area contributed by atoms with Crippen molar-refractivity contribution in [2.24, 2.45) is 0 Å². The van der Waals surface area contributed by atoms with Crippen LogP contribution in [0.5, 0.6) is 0 Å². The Morgan fingerprint density at radius 3 is 2.52 bits per heavy atom. The van der Waals surface area contributed by atoms with Gasteiger partial charge in [0.15, 0.2) is 0 Å². The van der Waals surface area contributed by atoms with Crippen LogP contribution in [0.4, 0.5) is 0 Å². The molecular formula is C18H28N2O. The number of hydrogen-bond acceptors (Lipinski definition) is 3. The maximum absolute atomic E-state index is 6.18. The van der Waals surface area contributed by atoms with Gasteiger partial charge in [-0.05, 0) is 56.5 Å². The van der Waals surface area contributed by atoms with E-state index in [1.165, 1.54) is 24.8 Å². The van der Waals surface area contributed by atoms with Gasteiger partial charge in [-0.2, -0.15) is 0 Å². The van der Waals surface area contributed by atoms with Crippen molar-refractivity contribution < 1.29 is 4.74 Å². The van der Waals surface area contributed by atoms with E-state index in [9.17, 15) is 0 Å². The Kier molecular flexibility index (Phi) is 6.74. The zero-order valence-electron chi connectivity index (χ0n) is 13.5. The van der Waals surface area contributed by atoms with Gasteiger partial charge in [0, 0.05) is 12.7 Å². The molecule has 1 saturated carbocycles. The SMILES string of the molecule is CCN(CC)CCOC(=C1CCCCC1)c1ccccn1. The molecule has 0 aromatic carbocycles. The van der Waals surface area contributed by atoms with Gasteiger partial charge in [0.1, 0.15) is 18.1 Å². The Labute approximate surface area is 129 Å². The molecular weight excluding hydrogens is 260 g/mol. The first-order valence-electron chi connectivity index (χ1n) is 8.33. The Bertz CT molecular complexity index is 430. The van der Waals surface area contributed by atoms with Gasteiger partial charge in [-0.15, -0.1) is 0 Å². The Morgan fingerprint density at radius 1 is 1.14 bits per heavy atom. The summed E-state index contributed by atoms with van der Waals surface area (Å²) in [6.45, 7) is 8.28. The molecule has 0 amide bonds. The van der Waals surface area contributed by atoms with Gasteiger partial charge in [0.25, 0.3) is 0 Å². The molecule has 0 bridgehead atoms. The van der Waals surface area contributed by atoms with Crippen molar-refractivity contribution >= 4 is 5.76 Å². The highest BCUT2D eigenvalue weighted by Gasteiger charge is 2.15. The van der Waals surface area contributed by atoms with Crippen molar-refractivity contribution in [1.82, 2.24) is 9.88 Å². The summed E-state index contributed by atoms with van der Waals surface area (Å²) in [6, 6.07) is 6.07. The molecule has 0 saturated heterocycles. The number of pyridine rings is 1. The van der Waals surface area contributed by atoms with E-state index in [1.807, 2.05) is 18.3 Å². The van der Waals surface area contributed by atoms with Gasteiger partial charge < -0.3 is 9.64 Å². The molecule has 116 valence electrons. The average molecular weight is 288 g/mol. The molecule has 2 rings (SSSR count). The number of aromatic nitrogens is 1. The second-order valence-electron chi connectivity index (χ2n) is 5.58. The zero-order chi connectivity index (χ0) is 14.9. The van der Waals surface area contributed by atoms with E-state index >= 15 is 0 Å². The van der Waals surface area contributed by atoms with E-state index in [4.69, 9.17) is 4.74 Å². The predicted molar refractivity (Wildman–Crippen MR) is 88.0 cm³/mol. The third-order valence-electron chi connectivity index (χ3n) is 4.22. The van der Waals surface area contributed by atoms with E-state index in [0.717, 1.165) is 50.5 Å². The van der Waals surface area contributed by atoms with Crippen molar-refractivity contribution in [3.05, 3.63) is 35.7 Å². The summed E-state index contributed by atoms with van der Waals surface area (Å²) in [4.78, 5) is 6.89. The highest BCUT2D eigenvalue weighted by atomic mass is 16.5. The van der Waals surface area contributed by atoms with Gasteiger partial charge in [0.2, 0.25) is 0 Å². The predicted octanol–water partition coefficient (Wildman–Crippen LogP) is 4.12. The Morgan fingerprint density at radius 2 is 1.90 bits per heavy atom. The second kappa shape index (κ2) is 8.83. The molecule has 21 heavy (non-hydrogen) atoms. The number of nitrogens with zero attached hydrogens (tertiary/aromatic N) is 2. The van der Waals surface area contributed by atoms with Crippen molar-refractivity contribution in [2.75, 3.05) is 26.2 Å². The summed E-state index contributed by atoms with van der Waals surface area (Å²) in [6.07, 6.45) is 8.09. The van der Waals surface area contributed by atoms with Crippen molar-refractivity contribution in [1.29, 1.82) is 0 Å². The van der Waals surface area contributed by atoms with E-state index in [2.05, 4.69) is 29.8 Å². The first-order valence-corrected chi connectivity index (χ1v) is 8.33. The van der Waals surface area contributed by atoms with Crippen LogP contribution in [0.15, 0.2) is 30.0 Å². The molecule has 0 N–H and O–H groups in total. The van der Waals surface area contributed by atoms with E-state index in [0.29, 0.717) is 0 Å². The van der Waals surface area contributed by atoms with Gasteiger partial charge in [-0.1, -0.05) is 26.3 Å². The Balaban J connectivity index is 2.06. The van der Waals surface area contributed by atoms with Crippen LogP contribution >= 0.6 is 0 Å². The molecule has 1 aliphatic rings. The van der Waals surface area contributed by atoms with Gasteiger partial charge in [-0.25, -0.2) is 0 Å². The number of rotatable bonds is 7. The maximum Gasteiger partial charge on any atom is 0.144 e. The fourth-order valence-electron chi connectivity index (χ4n) is 2.88. The summed E-state index contributed by atoms with van der Waals surface area (Å²) >= 11 is 0. The molecule has 1 heterocycles. The summed E-state index contributed by atoms with van der Waals surface area (Å²) < 4.78 is 6.18. The smallest absolute Gasteiger partial charge is 0.144 e. The zero-order valence-corrected chi connectivity index (χ0v) is 13.5. The van der Waals surface area contributed by atoms with Crippen LogP contribution in [-0.2, 0) is 4.74 Å². The lowest BCUT2D eigenvalue weighted by atomic mass is 9.93. The Hall–Kier alpha value is -1.35. The van der Waals surface area contributed by atoms with E-state index in [1.54, 1.807) is 0 Å². The minimum absolute atomic E-state index is 0.747. The molecule has 0 atom stereocenters. The van der Waals surface area contributed by atoms with E-state index < -0.39 is 0 Å². The monoisotopic (exact) mass is 288 g/mol. The normalized spacial score (nSPS) is 15.3. The highest BCUT2D eigenvalue weighted by Crippen LogP contribution is 2.30. The molecule has 0 unspecified atom stereocenters. The average Bonchev–Trinajstić information content (AvgIpc) is 2.57. The summed E-state index contributed by atoms with van der Waals surface area (Å²) in [7, 11) is 0. The van der Waals surface area contributed by atoms with Crippen LogP contribution in [0.3, 0.4) is 0 Å². The van der Waals surface area contributed by atoms with Gasteiger partial charge in [0.05, 0.1) is 0 Å². The lowest BCUT2D eigenvalue weighted by Crippen LogP contribution is -2.27. The molecule has 0 radical (unpaired) electrons. The van der Waals surface area contributed by atoms with Crippen LogP contribution in [0.1, 0.15) is 51.6 Å². The molecule has 3 nitrogen and oxygen atoms in total. The summed E-state index contributed by atoms with van der Waals surface area (Å²) in [5.41, 5.74) is 2.45. The van der Waals surface area contributed by atoms with Crippen molar-refractivity contribution in [2.45, 2.75) is 46.0 Å². The van der Waals surface area contributed by atoms with E-state index in [-0.39, 0.29) is 0 Å². The molecule has 3 heteroatoms. The summed E-state index contributed by atoms with van der Waals surface area (Å²) in [5, 5.41) is 0. The first kappa shape index (κ1) is 16.0. The van der Waals surface area contributed by atoms with Gasteiger partial charge in [-0.3, -0.25) is 4.98 Å². The number of allylic oxidation sites excluding steroid dienone is 1. The van der Waals surface area contributed by atoms with Gasteiger partial charge >= 0.3 is 0 Å².